The molecule has 2 heterocycles. The number of carbonyl (C=O) groups is 1. The average Bonchev–Trinajstić information content (AvgIpc) is 2.76. The number of aryl methyl sites for hydroxylation is 1. The van der Waals surface area contributed by atoms with E-state index < -0.39 is 0 Å². The van der Waals surface area contributed by atoms with E-state index in [0.717, 1.165) is 19.8 Å². The molecule has 0 N–H and O–H groups in total. The Labute approximate surface area is 98.5 Å². The third-order valence-corrected chi connectivity index (χ3v) is 4.68. The third kappa shape index (κ3) is 1.82. The van der Waals surface area contributed by atoms with Gasteiger partial charge in [-0.2, -0.15) is 11.3 Å². The molecule has 2 aromatic rings. The van der Waals surface area contributed by atoms with E-state index >= 15 is 0 Å². The molecule has 0 aromatic carbocycles. The van der Waals surface area contributed by atoms with E-state index in [9.17, 15) is 4.79 Å². The van der Waals surface area contributed by atoms with Gasteiger partial charge in [0.1, 0.15) is 0 Å². The van der Waals surface area contributed by atoms with Gasteiger partial charge in [0.15, 0.2) is 0 Å². The summed E-state index contributed by atoms with van der Waals surface area (Å²) in [6.45, 7) is 2.00. The van der Waals surface area contributed by atoms with Crippen LogP contribution >= 0.6 is 38.6 Å². The van der Waals surface area contributed by atoms with Crippen molar-refractivity contribution in [3.05, 3.63) is 42.7 Å². The molecule has 0 radical (unpaired) electrons. The maximum absolute atomic E-state index is 11.9. The molecule has 0 saturated heterocycles. The SMILES string of the molecule is Cc1sc(C(=O)c2ccsc2)cc1Br. The quantitative estimate of drug-likeness (QED) is 0.760. The summed E-state index contributed by atoms with van der Waals surface area (Å²) in [5, 5.41) is 3.80. The van der Waals surface area contributed by atoms with Crippen molar-refractivity contribution in [1.82, 2.24) is 0 Å². The highest BCUT2D eigenvalue weighted by atomic mass is 79.9. The molecule has 2 rings (SSSR count). The zero-order valence-corrected chi connectivity index (χ0v) is 10.6. The van der Waals surface area contributed by atoms with E-state index in [2.05, 4.69) is 15.9 Å². The molecule has 0 unspecified atom stereocenters. The van der Waals surface area contributed by atoms with Crippen LogP contribution in [-0.2, 0) is 0 Å². The minimum Gasteiger partial charge on any atom is -0.288 e. The zero-order chi connectivity index (χ0) is 10.1. The Morgan fingerprint density at radius 1 is 1.50 bits per heavy atom. The second-order valence-electron chi connectivity index (χ2n) is 2.86. The van der Waals surface area contributed by atoms with Crippen molar-refractivity contribution in [3.8, 4) is 0 Å². The maximum atomic E-state index is 11.9. The van der Waals surface area contributed by atoms with Gasteiger partial charge < -0.3 is 0 Å². The first-order valence-corrected chi connectivity index (χ1v) is 6.56. The summed E-state index contributed by atoms with van der Waals surface area (Å²) in [4.78, 5) is 13.8. The number of hydrogen-bond acceptors (Lipinski definition) is 3. The molecule has 0 aliphatic heterocycles. The van der Waals surface area contributed by atoms with Crippen LogP contribution in [-0.4, -0.2) is 5.78 Å². The van der Waals surface area contributed by atoms with E-state index in [-0.39, 0.29) is 5.78 Å². The monoisotopic (exact) mass is 286 g/mol. The summed E-state index contributed by atoms with van der Waals surface area (Å²) < 4.78 is 1.01. The molecular weight excluding hydrogens is 280 g/mol. The summed E-state index contributed by atoms with van der Waals surface area (Å²) in [6, 6.07) is 3.75. The number of ketones is 1. The minimum absolute atomic E-state index is 0.116. The smallest absolute Gasteiger partial charge is 0.203 e. The van der Waals surface area contributed by atoms with E-state index in [1.807, 2.05) is 29.8 Å². The summed E-state index contributed by atoms with van der Waals surface area (Å²) in [7, 11) is 0. The van der Waals surface area contributed by atoms with E-state index in [1.54, 1.807) is 11.3 Å². The van der Waals surface area contributed by atoms with Crippen LogP contribution in [0.4, 0.5) is 0 Å². The lowest BCUT2D eigenvalue weighted by Crippen LogP contribution is -1.95. The van der Waals surface area contributed by atoms with Gasteiger partial charge in [-0.05, 0) is 40.4 Å². The Hall–Kier alpha value is -0.450. The van der Waals surface area contributed by atoms with Crippen LogP contribution in [0.3, 0.4) is 0 Å². The van der Waals surface area contributed by atoms with Crippen molar-refractivity contribution >= 4 is 44.4 Å². The van der Waals surface area contributed by atoms with Gasteiger partial charge >= 0.3 is 0 Å². The molecule has 0 atom stereocenters. The second kappa shape index (κ2) is 3.96. The lowest BCUT2D eigenvalue weighted by molar-refractivity contribution is 0.104. The number of rotatable bonds is 2. The lowest BCUT2D eigenvalue weighted by atomic mass is 10.2. The molecule has 0 amide bonds. The first kappa shape index (κ1) is 10.1. The van der Waals surface area contributed by atoms with Gasteiger partial charge in [-0.25, -0.2) is 0 Å². The summed E-state index contributed by atoms with van der Waals surface area (Å²) >= 11 is 6.48. The zero-order valence-electron chi connectivity index (χ0n) is 7.41. The molecule has 0 fully saturated rings. The van der Waals surface area contributed by atoms with Gasteiger partial charge in [0.25, 0.3) is 0 Å². The van der Waals surface area contributed by atoms with Crippen LogP contribution in [0.25, 0.3) is 0 Å². The molecule has 2 aromatic heterocycles. The molecule has 0 aliphatic carbocycles. The standard InChI is InChI=1S/C10H7BrOS2/c1-6-8(11)4-9(14-6)10(12)7-2-3-13-5-7/h2-5H,1H3. The van der Waals surface area contributed by atoms with Crippen LogP contribution in [0.1, 0.15) is 20.1 Å². The Kier molecular flexibility index (Phi) is 2.85. The van der Waals surface area contributed by atoms with Crippen molar-refractivity contribution in [2.24, 2.45) is 0 Å². The van der Waals surface area contributed by atoms with Crippen LogP contribution in [0.5, 0.6) is 0 Å². The van der Waals surface area contributed by atoms with Gasteiger partial charge in [0.05, 0.1) is 4.88 Å². The topological polar surface area (TPSA) is 17.1 Å². The Morgan fingerprint density at radius 2 is 2.29 bits per heavy atom. The van der Waals surface area contributed by atoms with Crippen LogP contribution in [0.2, 0.25) is 0 Å². The number of hydrogen-bond donors (Lipinski definition) is 0. The van der Waals surface area contributed by atoms with Gasteiger partial charge in [0, 0.05) is 20.3 Å². The second-order valence-corrected chi connectivity index (χ2v) is 5.75. The average molecular weight is 287 g/mol. The maximum Gasteiger partial charge on any atom is 0.203 e. The molecule has 72 valence electrons. The molecule has 0 aliphatic rings. The molecule has 0 spiro atoms. The molecule has 4 heteroatoms. The van der Waals surface area contributed by atoms with Crippen molar-refractivity contribution < 1.29 is 4.79 Å². The molecule has 14 heavy (non-hydrogen) atoms. The van der Waals surface area contributed by atoms with Crippen LogP contribution in [0.15, 0.2) is 27.4 Å². The largest absolute Gasteiger partial charge is 0.288 e. The Morgan fingerprint density at radius 3 is 2.79 bits per heavy atom. The van der Waals surface area contributed by atoms with Crippen molar-refractivity contribution in [1.29, 1.82) is 0 Å². The fourth-order valence-corrected chi connectivity index (χ4v) is 3.24. The highest BCUT2D eigenvalue weighted by Gasteiger charge is 2.13. The first-order valence-electron chi connectivity index (χ1n) is 4.01. The molecular formula is C10H7BrOS2. The van der Waals surface area contributed by atoms with Crippen molar-refractivity contribution in [2.45, 2.75) is 6.92 Å². The van der Waals surface area contributed by atoms with E-state index in [4.69, 9.17) is 0 Å². The highest BCUT2D eigenvalue weighted by molar-refractivity contribution is 9.10. The fraction of sp³-hybridized carbons (Fsp3) is 0.100. The molecule has 0 saturated carbocycles. The number of halogens is 1. The summed E-state index contributed by atoms with van der Waals surface area (Å²) in [5.41, 5.74) is 0.781. The van der Waals surface area contributed by atoms with E-state index in [1.165, 1.54) is 11.3 Å². The van der Waals surface area contributed by atoms with E-state index in [0.29, 0.717) is 0 Å². The van der Waals surface area contributed by atoms with Gasteiger partial charge in [-0.15, -0.1) is 11.3 Å². The number of thiophene rings is 2. The van der Waals surface area contributed by atoms with Crippen LogP contribution < -0.4 is 0 Å². The van der Waals surface area contributed by atoms with Gasteiger partial charge in [0.2, 0.25) is 5.78 Å². The molecule has 0 bridgehead atoms. The predicted molar refractivity (Wildman–Crippen MR) is 64.5 cm³/mol. The number of carbonyl (C=O) groups excluding carboxylic acids is 1. The van der Waals surface area contributed by atoms with Gasteiger partial charge in [-0.3, -0.25) is 4.79 Å². The van der Waals surface area contributed by atoms with Crippen molar-refractivity contribution in [2.75, 3.05) is 0 Å². The Balaban J connectivity index is 2.37. The molecule has 1 nitrogen and oxygen atoms in total. The third-order valence-electron chi connectivity index (χ3n) is 1.86. The normalized spacial score (nSPS) is 10.4. The Bertz CT molecular complexity index is 437. The van der Waals surface area contributed by atoms with Crippen LogP contribution in [0, 0.1) is 6.92 Å². The van der Waals surface area contributed by atoms with Crippen molar-refractivity contribution in [3.63, 3.8) is 0 Å². The minimum atomic E-state index is 0.116. The lowest BCUT2D eigenvalue weighted by Gasteiger charge is -1.90. The highest BCUT2D eigenvalue weighted by Crippen LogP contribution is 2.28. The summed E-state index contributed by atoms with van der Waals surface area (Å²) in [5.74, 6) is 0.116. The fourth-order valence-electron chi connectivity index (χ4n) is 1.11. The predicted octanol–water partition coefficient (Wildman–Crippen LogP) is 4.11. The first-order chi connectivity index (χ1) is 6.68. The van der Waals surface area contributed by atoms with Gasteiger partial charge in [-0.1, -0.05) is 0 Å². The summed E-state index contributed by atoms with van der Waals surface area (Å²) in [6.07, 6.45) is 0.